The molecule has 2 atom stereocenters. The summed E-state index contributed by atoms with van der Waals surface area (Å²) in [4.78, 5) is 43.0. The summed E-state index contributed by atoms with van der Waals surface area (Å²) >= 11 is 0. The van der Waals surface area contributed by atoms with Crippen molar-refractivity contribution in [1.82, 2.24) is 30.8 Å². The lowest BCUT2D eigenvalue weighted by atomic mass is 9.86. The molecule has 2 aromatic heterocycles. The second kappa shape index (κ2) is 11.5. The normalized spacial score (nSPS) is 18.9. The molecule has 4 aromatic rings. The van der Waals surface area contributed by atoms with E-state index in [-0.39, 0.29) is 61.5 Å². The summed E-state index contributed by atoms with van der Waals surface area (Å²) in [7, 11) is 0. The molecule has 46 heavy (non-hydrogen) atoms. The van der Waals surface area contributed by atoms with Gasteiger partial charge < -0.3 is 35.6 Å². The summed E-state index contributed by atoms with van der Waals surface area (Å²) in [6.07, 6.45) is 2.43. The monoisotopic (exact) mass is 625 g/mol. The van der Waals surface area contributed by atoms with Gasteiger partial charge in [-0.25, -0.2) is 9.78 Å². The van der Waals surface area contributed by atoms with Gasteiger partial charge in [-0.2, -0.15) is 0 Å². The quantitative estimate of drug-likeness (QED) is 0.0917. The fourth-order valence-corrected chi connectivity index (χ4v) is 6.58. The van der Waals surface area contributed by atoms with Crippen molar-refractivity contribution in [2.24, 2.45) is 5.73 Å². The van der Waals surface area contributed by atoms with Crippen LogP contribution in [0.4, 0.5) is 0 Å². The third-order valence-corrected chi connectivity index (χ3v) is 9.02. The molecule has 13 heteroatoms. The Labute approximate surface area is 263 Å². The first-order valence-corrected chi connectivity index (χ1v) is 15.3. The number of cyclic esters (lactones) is 1. The van der Waals surface area contributed by atoms with Crippen molar-refractivity contribution in [1.29, 1.82) is 0 Å². The van der Waals surface area contributed by atoms with Crippen LogP contribution >= 0.6 is 0 Å². The number of pyridine rings is 2. The van der Waals surface area contributed by atoms with Crippen molar-refractivity contribution < 1.29 is 24.2 Å². The van der Waals surface area contributed by atoms with Gasteiger partial charge in [-0.3, -0.25) is 14.6 Å². The molecule has 0 saturated carbocycles. The van der Waals surface area contributed by atoms with Crippen molar-refractivity contribution >= 4 is 33.6 Å². The molecule has 0 bridgehead atoms. The fraction of sp³-hybridized carbons (Fsp3) is 0.333. The Morgan fingerprint density at radius 1 is 1.24 bits per heavy atom. The molecule has 0 spiro atoms. The highest BCUT2D eigenvalue weighted by Gasteiger charge is 2.45. The number of nitrogens with two attached hydrogens (primary N) is 1. The van der Waals surface area contributed by atoms with Gasteiger partial charge in [0.05, 0.1) is 48.2 Å². The van der Waals surface area contributed by atoms with Crippen molar-refractivity contribution in [3.05, 3.63) is 87.0 Å². The van der Waals surface area contributed by atoms with E-state index in [0.717, 1.165) is 38.5 Å². The first-order valence-electron chi connectivity index (χ1n) is 15.3. The molecule has 2 aromatic carbocycles. The number of hydrazine groups is 2. The summed E-state index contributed by atoms with van der Waals surface area (Å²) in [5, 5.41) is 19.0. The lowest BCUT2D eigenvalue weighted by Crippen LogP contribution is -2.44. The Balaban J connectivity index is 1.29. The molecule has 7 rings (SSSR count). The summed E-state index contributed by atoms with van der Waals surface area (Å²) in [5.41, 5.74) is 14.9. The molecule has 0 fully saturated rings. The molecule has 0 saturated heterocycles. The van der Waals surface area contributed by atoms with Crippen LogP contribution in [0.25, 0.3) is 33.1 Å². The largest absolute Gasteiger partial charge is 0.458 e. The number of amides is 1. The van der Waals surface area contributed by atoms with Gasteiger partial charge in [0.25, 0.3) is 5.56 Å². The molecule has 13 nitrogen and oxygen atoms in total. The van der Waals surface area contributed by atoms with E-state index < -0.39 is 11.6 Å². The van der Waals surface area contributed by atoms with Crippen LogP contribution in [0.2, 0.25) is 0 Å². The molecule has 3 aliphatic rings. The summed E-state index contributed by atoms with van der Waals surface area (Å²) in [6.45, 7) is 4.13. The number of carbonyl (C=O) groups is 2. The highest BCUT2D eigenvalue weighted by molar-refractivity contribution is 6.09. The van der Waals surface area contributed by atoms with E-state index in [1.807, 2.05) is 42.4 Å². The minimum Gasteiger partial charge on any atom is -0.458 e. The number of ether oxygens (including phenoxy) is 2. The summed E-state index contributed by atoms with van der Waals surface area (Å²) in [5.74, 6) is -1.03. The molecular weight excluding hydrogens is 590 g/mol. The molecule has 5 heterocycles. The van der Waals surface area contributed by atoms with E-state index >= 15 is 0 Å². The zero-order valence-corrected chi connectivity index (χ0v) is 25.6. The maximum atomic E-state index is 13.9. The van der Waals surface area contributed by atoms with Crippen LogP contribution in [0, 0.1) is 0 Å². The van der Waals surface area contributed by atoms with Gasteiger partial charge in [-0.15, -0.1) is 5.53 Å². The van der Waals surface area contributed by atoms with E-state index in [2.05, 4.69) is 28.4 Å². The number of hydrogen-bond donors (Lipinski definition) is 5. The van der Waals surface area contributed by atoms with E-state index in [0.29, 0.717) is 24.4 Å². The number of nitrogens with zero attached hydrogens (tertiary/aromatic N) is 3. The third-order valence-electron chi connectivity index (χ3n) is 9.02. The summed E-state index contributed by atoms with van der Waals surface area (Å²) < 4.78 is 12.6. The Bertz CT molecular complexity index is 2010. The van der Waals surface area contributed by atoms with Crippen LogP contribution in [0.5, 0.6) is 0 Å². The van der Waals surface area contributed by atoms with E-state index in [4.69, 9.17) is 20.2 Å². The van der Waals surface area contributed by atoms with Gasteiger partial charge in [0.1, 0.15) is 13.3 Å². The Morgan fingerprint density at radius 3 is 2.87 bits per heavy atom. The predicted molar refractivity (Wildman–Crippen MR) is 169 cm³/mol. The lowest BCUT2D eigenvalue weighted by molar-refractivity contribution is -0.172. The average Bonchev–Trinajstić information content (AvgIpc) is 3.66. The van der Waals surface area contributed by atoms with Crippen LogP contribution in [-0.4, -0.2) is 50.9 Å². The minimum atomic E-state index is -1.90. The zero-order valence-electron chi connectivity index (χ0n) is 25.6. The van der Waals surface area contributed by atoms with Gasteiger partial charge in [0.15, 0.2) is 5.60 Å². The maximum Gasteiger partial charge on any atom is 0.343 e. The number of nitrogens with one attached hydrogen (secondary N) is 3. The molecular formula is C33H35N7O6. The molecule has 0 aliphatic carbocycles. The Kier molecular flexibility index (Phi) is 7.48. The molecule has 0 radical (unpaired) electrons. The number of hydrogen-bond acceptors (Lipinski definition) is 11. The van der Waals surface area contributed by atoms with Crippen molar-refractivity contribution in [2.75, 3.05) is 13.3 Å². The van der Waals surface area contributed by atoms with Gasteiger partial charge in [0.2, 0.25) is 5.91 Å². The maximum absolute atomic E-state index is 13.9. The number of benzene rings is 2. The SMILES string of the molecule is CC[C@@]1(O)C(=O)OCc2c1cc1n(c2=O)Cc2c-1nc1ccc3ccccc3c1c2CN1C=C(CC(C)OCNC(=O)CN)NN1. The topological polar surface area (TPSA) is 173 Å². The molecule has 3 aliphatic heterocycles. The first kappa shape index (κ1) is 29.9. The molecule has 238 valence electrons. The van der Waals surface area contributed by atoms with Gasteiger partial charge in [-0.1, -0.05) is 37.3 Å². The first-order chi connectivity index (χ1) is 22.2. The van der Waals surface area contributed by atoms with Crippen molar-refractivity contribution in [2.45, 2.75) is 58.1 Å². The van der Waals surface area contributed by atoms with Gasteiger partial charge >= 0.3 is 5.97 Å². The standard InChI is InChI=1S/C33H35N7O6/c1-3-33(44)25-11-27-30-23(15-40(27)31(42)24(25)16-45-32(33)43)22(29-21-7-5-4-6-19(21)8-9-26(29)36-30)14-39-13-20(37-38-39)10-18(2)46-17-35-28(41)12-34/h4-9,11,13,18,37-38,44H,3,10,12,14-17,34H2,1-2H3,(H,35,41)/t18?,33-/m0/s1. The molecule has 6 N–H and O–H groups in total. The third kappa shape index (κ3) is 4.88. The highest BCUT2D eigenvalue weighted by atomic mass is 16.6. The predicted octanol–water partition coefficient (Wildman–Crippen LogP) is 1.73. The fourth-order valence-electron chi connectivity index (χ4n) is 6.58. The number of rotatable bonds is 9. The van der Waals surface area contributed by atoms with Crippen LogP contribution in [-0.2, 0) is 44.4 Å². The van der Waals surface area contributed by atoms with E-state index in [1.165, 1.54) is 0 Å². The number of carbonyl (C=O) groups excluding carboxylic acids is 2. The molecule has 1 unspecified atom stereocenters. The summed E-state index contributed by atoms with van der Waals surface area (Å²) in [6, 6.07) is 13.9. The lowest BCUT2D eigenvalue weighted by Gasteiger charge is -2.31. The van der Waals surface area contributed by atoms with Crippen LogP contribution in [0.1, 0.15) is 48.9 Å². The second-order valence-electron chi connectivity index (χ2n) is 11.9. The van der Waals surface area contributed by atoms with Gasteiger partial charge in [-0.05, 0) is 41.8 Å². The van der Waals surface area contributed by atoms with Crippen molar-refractivity contribution in [3.8, 4) is 11.4 Å². The second-order valence-corrected chi connectivity index (χ2v) is 11.9. The Morgan fingerprint density at radius 2 is 2.07 bits per heavy atom. The minimum absolute atomic E-state index is 0.0726. The number of aliphatic hydroxyl groups is 1. The number of fused-ring (bicyclic) bond motifs is 7. The van der Waals surface area contributed by atoms with Crippen LogP contribution in [0.3, 0.4) is 0 Å². The zero-order chi connectivity index (χ0) is 32.2. The highest BCUT2D eigenvalue weighted by Crippen LogP contribution is 2.42. The van der Waals surface area contributed by atoms with Gasteiger partial charge in [0, 0.05) is 34.8 Å². The average molecular weight is 626 g/mol. The van der Waals surface area contributed by atoms with Crippen molar-refractivity contribution in [3.63, 3.8) is 0 Å². The molecule has 1 amide bonds. The number of aromatic nitrogens is 2. The Hall–Kier alpha value is -4.82. The van der Waals surface area contributed by atoms with Crippen LogP contribution < -0.4 is 27.6 Å². The smallest absolute Gasteiger partial charge is 0.343 e. The van der Waals surface area contributed by atoms with E-state index in [9.17, 15) is 19.5 Å². The number of esters is 1. The van der Waals surface area contributed by atoms with E-state index in [1.54, 1.807) is 17.6 Å². The van der Waals surface area contributed by atoms with Crippen LogP contribution in [0.15, 0.2) is 59.2 Å².